The van der Waals surface area contributed by atoms with Gasteiger partial charge in [-0.15, -0.1) is 0 Å². The smallest absolute Gasteiger partial charge is 0.414 e. The molecular weight excluding hydrogens is 318 g/mol. The van der Waals surface area contributed by atoms with Crippen LogP contribution in [0.2, 0.25) is 0 Å². The highest BCUT2D eigenvalue weighted by atomic mass is 16.6. The second-order valence-corrected chi connectivity index (χ2v) is 6.04. The van der Waals surface area contributed by atoms with Gasteiger partial charge in [0.1, 0.15) is 12.1 Å². The standard InChI is InChI=1S/C19H19N3O3/c1-13(20-12-18-21-16-7-2-3-8-17(16)25-18)14-5-4-6-15(11-14)22-9-10-24-19(22)23/h2-8,11,13,20H,9-10,12H2,1H3/t13-/m0/s1. The largest absolute Gasteiger partial charge is 0.447 e. The maximum atomic E-state index is 11.7. The molecular formula is C19H19N3O3. The molecule has 0 aliphatic carbocycles. The van der Waals surface area contributed by atoms with E-state index in [1.165, 1.54) is 0 Å². The third-order valence-corrected chi connectivity index (χ3v) is 4.34. The van der Waals surface area contributed by atoms with Crippen LogP contribution >= 0.6 is 0 Å². The Morgan fingerprint density at radius 1 is 1.24 bits per heavy atom. The minimum absolute atomic E-state index is 0.0913. The predicted octanol–water partition coefficient (Wildman–Crippen LogP) is 3.64. The molecule has 6 nitrogen and oxygen atoms in total. The van der Waals surface area contributed by atoms with Crippen molar-refractivity contribution in [2.45, 2.75) is 19.5 Å². The highest BCUT2D eigenvalue weighted by Gasteiger charge is 2.23. The summed E-state index contributed by atoms with van der Waals surface area (Å²) < 4.78 is 10.7. The van der Waals surface area contributed by atoms with E-state index in [9.17, 15) is 4.79 Å². The molecule has 2 aromatic carbocycles. The van der Waals surface area contributed by atoms with Crippen LogP contribution in [0.5, 0.6) is 0 Å². The monoisotopic (exact) mass is 337 g/mol. The molecule has 6 heteroatoms. The van der Waals surface area contributed by atoms with Gasteiger partial charge in [0, 0.05) is 11.7 Å². The van der Waals surface area contributed by atoms with E-state index in [1.807, 2.05) is 48.5 Å². The molecule has 0 unspecified atom stereocenters. The number of aromatic nitrogens is 1. The lowest BCUT2D eigenvalue weighted by molar-refractivity contribution is 0.181. The van der Waals surface area contributed by atoms with E-state index < -0.39 is 0 Å². The number of hydrogen-bond acceptors (Lipinski definition) is 5. The second kappa shape index (κ2) is 6.57. The fourth-order valence-corrected chi connectivity index (χ4v) is 2.94. The van der Waals surface area contributed by atoms with Crippen LogP contribution in [-0.4, -0.2) is 24.2 Å². The summed E-state index contributed by atoms with van der Waals surface area (Å²) in [7, 11) is 0. The molecule has 4 rings (SSSR count). The molecule has 1 saturated heterocycles. The van der Waals surface area contributed by atoms with Gasteiger partial charge in [-0.3, -0.25) is 4.90 Å². The molecule has 1 aliphatic heterocycles. The number of hydrogen-bond donors (Lipinski definition) is 1. The van der Waals surface area contributed by atoms with Crippen molar-refractivity contribution in [3.63, 3.8) is 0 Å². The lowest BCUT2D eigenvalue weighted by Gasteiger charge is -2.17. The zero-order valence-electron chi connectivity index (χ0n) is 13.9. The Labute approximate surface area is 145 Å². The SMILES string of the molecule is C[C@H](NCc1nc2ccccc2o1)c1cccc(N2CCOC2=O)c1. The van der Waals surface area contributed by atoms with Crippen LogP contribution in [0.4, 0.5) is 10.5 Å². The summed E-state index contributed by atoms with van der Waals surface area (Å²) in [5.41, 5.74) is 3.60. The summed E-state index contributed by atoms with van der Waals surface area (Å²) in [6.45, 7) is 3.64. The third-order valence-electron chi connectivity index (χ3n) is 4.34. The van der Waals surface area contributed by atoms with Crippen LogP contribution in [0.25, 0.3) is 11.1 Å². The van der Waals surface area contributed by atoms with Crippen molar-refractivity contribution in [1.29, 1.82) is 0 Å². The average molecular weight is 337 g/mol. The number of carbonyl (C=O) groups is 1. The van der Waals surface area contributed by atoms with Crippen molar-refractivity contribution >= 4 is 22.9 Å². The minimum atomic E-state index is -0.288. The zero-order valence-corrected chi connectivity index (χ0v) is 13.9. The van der Waals surface area contributed by atoms with Gasteiger partial charge in [0.25, 0.3) is 0 Å². The summed E-state index contributed by atoms with van der Waals surface area (Å²) in [5.74, 6) is 0.660. The molecule has 0 spiro atoms. The molecule has 0 bridgehead atoms. The normalized spacial score (nSPS) is 15.6. The maximum Gasteiger partial charge on any atom is 0.414 e. The number of fused-ring (bicyclic) bond motifs is 1. The van der Waals surface area contributed by atoms with Gasteiger partial charge in [0.05, 0.1) is 13.1 Å². The van der Waals surface area contributed by atoms with Gasteiger partial charge in [-0.25, -0.2) is 9.78 Å². The Hall–Kier alpha value is -2.86. The summed E-state index contributed by atoms with van der Waals surface area (Å²) >= 11 is 0. The zero-order chi connectivity index (χ0) is 17.2. The molecule has 2 heterocycles. The highest BCUT2D eigenvalue weighted by Crippen LogP contribution is 2.23. The number of anilines is 1. The van der Waals surface area contributed by atoms with Gasteiger partial charge in [0.15, 0.2) is 5.58 Å². The van der Waals surface area contributed by atoms with Crippen LogP contribution in [0.15, 0.2) is 52.9 Å². The first-order valence-electron chi connectivity index (χ1n) is 8.33. The molecule has 1 aromatic heterocycles. The number of benzene rings is 2. The quantitative estimate of drug-likeness (QED) is 0.770. The molecule has 25 heavy (non-hydrogen) atoms. The molecule has 1 N–H and O–H groups in total. The Bertz CT molecular complexity index is 873. The minimum Gasteiger partial charge on any atom is -0.447 e. The summed E-state index contributed by atoms with van der Waals surface area (Å²) in [4.78, 5) is 17.8. The van der Waals surface area contributed by atoms with Gasteiger partial charge < -0.3 is 14.5 Å². The molecule has 128 valence electrons. The number of nitrogens with zero attached hydrogens (tertiary/aromatic N) is 2. The average Bonchev–Trinajstić information content (AvgIpc) is 3.25. The number of nitrogens with one attached hydrogen (secondary N) is 1. The molecule has 1 fully saturated rings. The van der Waals surface area contributed by atoms with Gasteiger partial charge in [-0.2, -0.15) is 0 Å². The van der Waals surface area contributed by atoms with Crippen molar-refractivity contribution in [1.82, 2.24) is 10.3 Å². The molecule has 1 amide bonds. The van der Waals surface area contributed by atoms with Crippen LogP contribution in [0.3, 0.4) is 0 Å². The van der Waals surface area contributed by atoms with E-state index in [0.29, 0.717) is 25.6 Å². The van der Waals surface area contributed by atoms with Crippen LogP contribution in [-0.2, 0) is 11.3 Å². The molecule has 0 radical (unpaired) electrons. The van der Waals surface area contributed by atoms with Crippen molar-refractivity contribution in [2.75, 3.05) is 18.1 Å². The first kappa shape index (κ1) is 15.7. The Morgan fingerprint density at radius 2 is 2.12 bits per heavy atom. The van der Waals surface area contributed by atoms with Crippen molar-refractivity contribution in [2.24, 2.45) is 0 Å². The van der Waals surface area contributed by atoms with Gasteiger partial charge in [-0.1, -0.05) is 24.3 Å². The Balaban J connectivity index is 1.45. The number of cyclic esters (lactones) is 1. The van der Waals surface area contributed by atoms with Crippen LogP contribution in [0.1, 0.15) is 24.4 Å². The molecule has 1 aliphatic rings. The first-order valence-corrected chi connectivity index (χ1v) is 8.33. The number of para-hydroxylation sites is 2. The number of ether oxygens (including phenoxy) is 1. The van der Waals surface area contributed by atoms with E-state index in [4.69, 9.17) is 9.15 Å². The maximum absolute atomic E-state index is 11.7. The van der Waals surface area contributed by atoms with Gasteiger partial charge in [0.2, 0.25) is 5.89 Å². The topological polar surface area (TPSA) is 67.6 Å². The van der Waals surface area contributed by atoms with Crippen LogP contribution < -0.4 is 10.2 Å². The van der Waals surface area contributed by atoms with E-state index in [1.54, 1.807) is 4.90 Å². The Kier molecular flexibility index (Phi) is 4.11. The van der Waals surface area contributed by atoms with Crippen molar-refractivity contribution in [3.05, 3.63) is 60.0 Å². The fourth-order valence-electron chi connectivity index (χ4n) is 2.94. The van der Waals surface area contributed by atoms with Gasteiger partial charge in [-0.05, 0) is 36.8 Å². The van der Waals surface area contributed by atoms with Crippen LogP contribution in [0, 0.1) is 0 Å². The van der Waals surface area contributed by atoms with E-state index in [-0.39, 0.29) is 12.1 Å². The molecule has 3 aromatic rings. The molecule has 0 saturated carbocycles. The number of amides is 1. The second-order valence-electron chi connectivity index (χ2n) is 6.04. The molecule has 1 atom stereocenters. The fraction of sp³-hybridized carbons (Fsp3) is 0.263. The summed E-state index contributed by atoms with van der Waals surface area (Å²) in [6.07, 6.45) is -0.288. The number of oxazole rings is 1. The lowest BCUT2D eigenvalue weighted by atomic mass is 10.1. The number of carbonyl (C=O) groups excluding carboxylic acids is 1. The predicted molar refractivity (Wildman–Crippen MR) is 94.4 cm³/mol. The highest BCUT2D eigenvalue weighted by molar-refractivity contribution is 5.89. The van der Waals surface area contributed by atoms with E-state index in [0.717, 1.165) is 22.4 Å². The summed E-state index contributed by atoms with van der Waals surface area (Å²) in [5, 5.41) is 3.41. The number of rotatable bonds is 5. The van der Waals surface area contributed by atoms with E-state index in [2.05, 4.69) is 17.2 Å². The third kappa shape index (κ3) is 3.21. The lowest BCUT2D eigenvalue weighted by Crippen LogP contribution is -2.24. The van der Waals surface area contributed by atoms with E-state index >= 15 is 0 Å². The van der Waals surface area contributed by atoms with Gasteiger partial charge >= 0.3 is 6.09 Å². The van der Waals surface area contributed by atoms with Crippen molar-refractivity contribution in [3.8, 4) is 0 Å². The first-order chi connectivity index (χ1) is 12.2. The Morgan fingerprint density at radius 3 is 2.92 bits per heavy atom. The van der Waals surface area contributed by atoms with Crippen molar-refractivity contribution < 1.29 is 13.9 Å². The summed E-state index contributed by atoms with van der Waals surface area (Å²) in [6, 6.07) is 15.7.